The highest BCUT2D eigenvalue weighted by Gasteiger charge is 2.03. The summed E-state index contributed by atoms with van der Waals surface area (Å²) in [4.78, 5) is 12.7. The zero-order chi connectivity index (χ0) is 13.5. The van der Waals surface area contributed by atoms with Crippen LogP contribution >= 0.6 is 15.9 Å². The number of aliphatic carboxylic acids is 1. The number of rotatable bonds is 6. The number of hydrogen-bond acceptors (Lipinski definition) is 2. The minimum atomic E-state index is -0.939. The maximum Gasteiger partial charge on any atom is 0.328 e. The normalized spacial score (nSPS) is 10.8. The Morgan fingerprint density at radius 2 is 2.22 bits per heavy atom. The number of halogens is 1. The minimum absolute atomic E-state index is 0.866. The SMILES string of the molecule is CCCCN(C)c1ccc(/C=C/C(=O)O)c(Br)c1. The lowest BCUT2D eigenvalue weighted by Crippen LogP contribution is -2.18. The smallest absolute Gasteiger partial charge is 0.328 e. The summed E-state index contributed by atoms with van der Waals surface area (Å²) in [7, 11) is 2.06. The standard InChI is InChI=1S/C14H18BrNO2/c1-3-4-9-16(2)12-7-5-11(13(15)10-12)6-8-14(17)18/h5-8,10H,3-4,9H2,1-2H3,(H,17,18)/b8-6+. The molecule has 1 aromatic rings. The zero-order valence-corrected chi connectivity index (χ0v) is 12.3. The second kappa shape index (κ2) is 7.21. The third-order valence-corrected chi connectivity index (χ3v) is 3.36. The van der Waals surface area contributed by atoms with Gasteiger partial charge >= 0.3 is 5.97 Å². The van der Waals surface area contributed by atoms with E-state index in [9.17, 15) is 4.79 Å². The number of hydrogen-bond donors (Lipinski definition) is 1. The predicted octanol–water partition coefficient (Wildman–Crippen LogP) is 3.78. The van der Waals surface area contributed by atoms with E-state index in [2.05, 4.69) is 34.8 Å². The molecule has 0 bridgehead atoms. The maximum absolute atomic E-state index is 10.5. The van der Waals surface area contributed by atoms with Gasteiger partial charge in [0, 0.05) is 29.8 Å². The van der Waals surface area contributed by atoms with E-state index in [-0.39, 0.29) is 0 Å². The van der Waals surface area contributed by atoms with Gasteiger partial charge in [-0.15, -0.1) is 0 Å². The highest BCUT2D eigenvalue weighted by molar-refractivity contribution is 9.10. The zero-order valence-electron chi connectivity index (χ0n) is 10.7. The molecule has 0 unspecified atom stereocenters. The highest BCUT2D eigenvalue weighted by atomic mass is 79.9. The molecule has 18 heavy (non-hydrogen) atoms. The van der Waals surface area contributed by atoms with E-state index < -0.39 is 5.97 Å². The van der Waals surface area contributed by atoms with Crippen molar-refractivity contribution in [3.8, 4) is 0 Å². The fourth-order valence-electron chi connectivity index (χ4n) is 1.57. The summed E-state index contributed by atoms with van der Waals surface area (Å²) < 4.78 is 0.904. The van der Waals surface area contributed by atoms with Crippen molar-refractivity contribution in [1.29, 1.82) is 0 Å². The monoisotopic (exact) mass is 311 g/mol. The largest absolute Gasteiger partial charge is 0.478 e. The van der Waals surface area contributed by atoms with Crippen molar-refractivity contribution < 1.29 is 9.90 Å². The number of carbonyl (C=O) groups is 1. The van der Waals surface area contributed by atoms with Gasteiger partial charge in [0.1, 0.15) is 0 Å². The second-order valence-corrected chi connectivity index (χ2v) is 5.01. The van der Waals surface area contributed by atoms with Crippen LogP contribution in [0.25, 0.3) is 6.08 Å². The molecule has 3 nitrogen and oxygen atoms in total. The van der Waals surface area contributed by atoms with Crippen LogP contribution in [-0.4, -0.2) is 24.7 Å². The van der Waals surface area contributed by atoms with E-state index in [1.165, 1.54) is 6.42 Å². The average Bonchev–Trinajstić information content (AvgIpc) is 2.34. The van der Waals surface area contributed by atoms with Crippen LogP contribution in [0.15, 0.2) is 28.7 Å². The maximum atomic E-state index is 10.5. The molecule has 1 aromatic carbocycles. The molecular formula is C14H18BrNO2. The topological polar surface area (TPSA) is 40.5 Å². The van der Waals surface area contributed by atoms with E-state index in [0.717, 1.165) is 34.8 Å². The lowest BCUT2D eigenvalue weighted by Gasteiger charge is -2.19. The first-order valence-corrected chi connectivity index (χ1v) is 6.75. The lowest BCUT2D eigenvalue weighted by molar-refractivity contribution is -0.131. The van der Waals surface area contributed by atoms with Crippen LogP contribution in [0.3, 0.4) is 0 Å². The van der Waals surface area contributed by atoms with Crippen LogP contribution in [-0.2, 0) is 4.79 Å². The van der Waals surface area contributed by atoms with Gasteiger partial charge in [0.2, 0.25) is 0 Å². The van der Waals surface area contributed by atoms with Crippen molar-refractivity contribution in [3.05, 3.63) is 34.3 Å². The number of unbranched alkanes of at least 4 members (excludes halogenated alkanes) is 1. The Balaban J connectivity index is 2.81. The van der Waals surface area contributed by atoms with Crippen molar-refractivity contribution in [2.45, 2.75) is 19.8 Å². The van der Waals surface area contributed by atoms with Gasteiger partial charge in [-0.25, -0.2) is 4.79 Å². The molecule has 1 rings (SSSR count). The van der Waals surface area contributed by atoms with Crippen LogP contribution in [0.5, 0.6) is 0 Å². The Hall–Kier alpha value is -1.29. The predicted molar refractivity (Wildman–Crippen MR) is 79.0 cm³/mol. The molecule has 0 fully saturated rings. The van der Waals surface area contributed by atoms with Crippen molar-refractivity contribution in [2.24, 2.45) is 0 Å². The summed E-state index contributed by atoms with van der Waals surface area (Å²) in [5.74, 6) is -0.939. The Bertz CT molecular complexity index is 443. The van der Waals surface area contributed by atoms with E-state index in [0.29, 0.717) is 0 Å². The molecule has 0 spiro atoms. The van der Waals surface area contributed by atoms with Crippen LogP contribution in [0.4, 0.5) is 5.69 Å². The Morgan fingerprint density at radius 1 is 1.50 bits per heavy atom. The summed E-state index contributed by atoms with van der Waals surface area (Å²) in [5.41, 5.74) is 1.99. The quantitative estimate of drug-likeness (QED) is 0.813. The lowest BCUT2D eigenvalue weighted by atomic mass is 10.2. The summed E-state index contributed by atoms with van der Waals surface area (Å²) in [6, 6.07) is 5.93. The Kier molecular flexibility index (Phi) is 5.92. The summed E-state index contributed by atoms with van der Waals surface area (Å²) in [6.07, 6.45) is 5.06. The molecule has 0 saturated carbocycles. The highest BCUT2D eigenvalue weighted by Crippen LogP contribution is 2.24. The van der Waals surface area contributed by atoms with Gasteiger partial charge in [-0.1, -0.05) is 35.3 Å². The molecule has 0 aromatic heterocycles. The molecule has 0 radical (unpaired) electrons. The first kappa shape index (κ1) is 14.8. The first-order valence-electron chi connectivity index (χ1n) is 5.96. The molecule has 0 aliphatic carbocycles. The average molecular weight is 312 g/mol. The molecule has 1 N–H and O–H groups in total. The number of benzene rings is 1. The molecular weight excluding hydrogens is 294 g/mol. The summed E-state index contributed by atoms with van der Waals surface area (Å²) >= 11 is 3.46. The molecule has 4 heteroatoms. The van der Waals surface area contributed by atoms with Gasteiger partial charge in [-0.05, 0) is 30.2 Å². The molecule has 0 aliphatic heterocycles. The van der Waals surface area contributed by atoms with Gasteiger partial charge in [-0.3, -0.25) is 0 Å². The number of carboxylic acids is 1. The van der Waals surface area contributed by atoms with Crippen molar-refractivity contribution in [2.75, 3.05) is 18.5 Å². The Morgan fingerprint density at radius 3 is 2.78 bits per heavy atom. The van der Waals surface area contributed by atoms with Gasteiger partial charge < -0.3 is 10.0 Å². The van der Waals surface area contributed by atoms with Gasteiger partial charge in [-0.2, -0.15) is 0 Å². The molecule has 0 amide bonds. The van der Waals surface area contributed by atoms with E-state index >= 15 is 0 Å². The molecule has 0 saturated heterocycles. The first-order chi connectivity index (χ1) is 8.54. The van der Waals surface area contributed by atoms with Crippen LogP contribution < -0.4 is 4.90 Å². The summed E-state index contributed by atoms with van der Waals surface area (Å²) in [6.45, 7) is 3.19. The Labute approximate surface area is 116 Å². The molecule has 0 aliphatic rings. The molecule has 0 heterocycles. The minimum Gasteiger partial charge on any atom is -0.478 e. The fourth-order valence-corrected chi connectivity index (χ4v) is 2.07. The molecule has 98 valence electrons. The van der Waals surface area contributed by atoms with Crippen molar-refractivity contribution in [1.82, 2.24) is 0 Å². The van der Waals surface area contributed by atoms with Gasteiger partial charge in [0.15, 0.2) is 0 Å². The molecule has 0 atom stereocenters. The number of anilines is 1. The number of nitrogens with zero attached hydrogens (tertiary/aromatic N) is 1. The summed E-state index contributed by atoms with van der Waals surface area (Å²) in [5, 5.41) is 8.60. The number of carboxylic acid groups (broad SMARTS) is 1. The second-order valence-electron chi connectivity index (χ2n) is 4.15. The van der Waals surface area contributed by atoms with Crippen molar-refractivity contribution in [3.63, 3.8) is 0 Å². The van der Waals surface area contributed by atoms with Gasteiger partial charge in [0.25, 0.3) is 0 Å². The van der Waals surface area contributed by atoms with Crippen LogP contribution in [0.2, 0.25) is 0 Å². The van der Waals surface area contributed by atoms with E-state index in [1.807, 2.05) is 18.2 Å². The van der Waals surface area contributed by atoms with Crippen molar-refractivity contribution >= 4 is 33.7 Å². The van der Waals surface area contributed by atoms with Crippen LogP contribution in [0.1, 0.15) is 25.3 Å². The third kappa shape index (κ3) is 4.53. The van der Waals surface area contributed by atoms with Crippen LogP contribution in [0, 0.1) is 0 Å². The third-order valence-electron chi connectivity index (χ3n) is 2.68. The van der Waals surface area contributed by atoms with E-state index in [1.54, 1.807) is 6.08 Å². The van der Waals surface area contributed by atoms with E-state index in [4.69, 9.17) is 5.11 Å². The fraction of sp³-hybridized carbons (Fsp3) is 0.357. The van der Waals surface area contributed by atoms with Gasteiger partial charge in [0.05, 0.1) is 0 Å².